The molecule has 82 valence electrons. The van der Waals surface area contributed by atoms with Crippen molar-refractivity contribution in [1.82, 2.24) is 4.98 Å². The van der Waals surface area contributed by atoms with Gasteiger partial charge in [0, 0.05) is 29.7 Å². The molecular weight excluding hydrogens is 206 g/mol. The molecule has 2 rings (SSSR count). The van der Waals surface area contributed by atoms with E-state index in [1.165, 1.54) is 12.1 Å². The molecule has 0 saturated carbocycles. The highest BCUT2D eigenvalue weighted by Gasteiger charge is 2.03. The van der Waals surface area contributed by atoms with Crippen LogP contribution in [0.3, 0.4) is 0 Å². The summed E-state index contributed by atoms with van der Waals surface area (Å²) in [5, 5.41) is 13.6. The number of nitro groups is 1. The number of nitrogens with zero attached hydrogens (tertiary/aromatic N) is 1. The van der Waals surface area contributed by atoms with E-state index in [1.54, 1.807) is 12.1 Å². The monoisotopic (exact) mass is 217 g/mol. The van der Waals surface area contributed by atoms with Gasteiger partial charge in [-0.3, -0.25) is 10.1 Å². The highest BCUT2D eigenvalue weighted by molar-refractivity contribution is 5.48. The fraction of sp³-hybridized carbons (Fsp3) is 0.0909. The van der Waals surface area contributed by atoms with Crippen molar-refractivity contribution in [3.8, 4) is 0 Å². The maximum absolute atomic E-state index is 10.4. The molecular formula is C11H11N3O2. The SMILES string of the molecule is O=[N+]([O-])c1ccc(NCc2ccc[nH]2)cc1. The van der Waals surface area contributed by atoms with Gasteiger partial charge in [0.25, 0.3) is 5.69 Å². The summed E-state index contributed by atoms with van der Waals surface area (Å²) in [5.74, 6) is 0. The molecule has 1 aromatic carbocycles. The van der Waals surface area contributed by atoms with Gasteiger partial charge in [-0.2, -0.15) is 0 Å². The zero-order chi connectivity index (χ0) is 11.4. The van der Waals surface area contributed by atoms with E-state index in [4.69, 9.17) is 0 Å². The van der Waals surface area contributed by atoms with Gasteiger partial charge in [-0.1, -0.05) is 0 Å². The minimum atomic E-state index is -0.408. The van der Waals surface area contributed by atoms with E-state index in [0.717, 1.165) is 11.4 Å². The van der Waals surface area contributed by atoms with Gasteiger partial charge in [-0.25, -0.2) is 0 Å². The third kappa shape index (κ3) is 2.38. The fourth-order valence-corrected chi connectivity index (χ4v) is 1.38. The first-order valence-corrected chi connectivity index (χ1v) is 4.86. The highest BCUT2D eigenvalue weighted by atomic mass is 16.6. The van der Waals surface area contributed by atoms with Crippen molar-refractivity contribution in [2.75, 3.05) is 5.32 Å². The molecule has 0 atom stereocenters. The van der Waals surface area contributed by atoms with Crippen molar-refractivity contribution < 1.29 is 4.92 Å². The van der Waals surface area contributed by atoms with Crippen LogP contribution in [0.15, 0.2) is 42.6 Å². The number of rotatable bonds is 4. The van der Waals surface area contributed by atoms with E-state index >= 15 is 0 Å². The Hall–Kier alpha value is -2.30. The number of nitrogens with one attached hydrogen (secondary N) is 2. The quantitative estimate of drug-likeness (QED) is 0.610. The molecule has 0 unspecified atom stereocenters. The molecule has 0 amide bonds. The molecule has 1 heterocycles. The lowest BCUT2D eigenvalue weighted by Crippen LogP contribution is -1.99. The molecule has 5 heteroatoms. The minimum Gasteiger partial charge on any atom is -0.379 e. The van der Waals surface area contributed by atoms with Crippen molar-refractivity contribution in [1.29, 1.82) is 0 Å². The van der Waals surface area contributed by atoms with Gasteiger partial charge in [-0.05, 0) is 24.3 Å². The zero-order valence-corrected chi connectivity index (χ0v) is 8.51. The highest BCUT2D eigenvalue weighted by Crippen LogP contribution is 2.15. The Labute approximate surface area is 92.3 Å². The molecule has 0 bridgehead atoms. The maximum Gasteiger partial charge on any atom is 0.269 e. The molecule has 0 fully saturated rings. The summed E-state index contributed by atoms with van der Waals surface area (Å²) in [7, 11) is 0. The summed E-state index contributed by atoms with van der Waals surface area (Å²) in [4.78, 5) is 13.1. The van der Waals surface area contributed by atoms with Gasteiger partial charge in [-0.15, -0.1) is 0 Å². The van der Waals surface area contributed by atoms with Crippen molar-refractivity contribution in [2.24, 2.45) is 0 Å². The fourth-order valence-electron chi connectivity index (χ4n) is 1.38. The number of benzene rings is 1. The van der Waals surface area contributed by atoms with Crippen LogP contribution in [-0.2, 0) is 6.54 Å². The van der Waals surface area contributed by atoms with E-state index in [0.29, 0.717) is 6.54 Å². The molecule has 0 spiro atoms. The van der Waals surface area contributed by atoms with E-state index in [2.05, 4.69) is 10.3 Å². The van der Waals surface area contributed by atoms with Crippen LogP contribution in [0.2, 0.25) is 0 Å². The van der Waals surface area contributed by atoms with Gasteiger partial charge < -0.3 is 10.3 Å². The predicted molar refractivity (Wildman–Crippen MR) is 61.2 cm³/mol. The van der Waals surface area contributed by atoms with Gasteiger partial charge >= 0.3 is 0 Å². The van der Waals surface area contributed by atoms with Crippen LogP contribution in [0.25, 0.3) is 0 Å². The van der Waals surface area contributed by atoms with Crippen LogP contribution >= 0.6 is 0 Å². The number of aromatic nitrogens is 1. The van der Waals surface area contributed by atoms with Crippen LogP contribution in [0.1, 0.15) is 5.69 Å². The number of hydrogen-bond donors (Lipinski definition) is 2. The summed E-state index contributed by atoms with van der Waals surface area (Å²) < 4.78 is 0. The average molecular weight is 217 g/mol. The maximum atomic E-state index is 10.4. The Morgan fingerprint density at radius 2 is 2.00 bits per heavy atom. The Balaban J connectivity index is 1.98. The smallest absolute Gasteiger partial charge is 0.269 e. The zero-order valence-electron chi connectivity index (χ0n) is 8.51. The van der Waals surface area contributed by atoms with Gasteiger partial charge in [0.2, 0.25) is 0 Å². The van der Waals surface area contributed by atoms with Crippen LogP contribution < -0.4 is 5.32 Å². The van der Waals surface area contributed by atoms with E-state index in [-0.39, 0.29) is 5.69 Å². The second-order valence-corrected chi connectivity index (χ2v) is 3.35. The largest absolute Gasteiger partial charge is 0.379 e. The van der Waals surface area contributed by atoms with Gasteiger partial charge in [0.15, 0.2) is 0 Å². The normalized spacial score (nSPS) is 10.0. The Bertz CT molecular complexity index is 462. The van der Waals surface area contributed by atoms with Crippen LogP contribution in [0, 0.1) is 10.1 Å². The lowest BCUT2D eigenvalue weighted by atomic mass is 10.3. The topological polar surface area (TPSA) is 71.0 Å². The summed E-state index contributed by atoms with van der Waals surface area (Å²) in [6, 6.07) is 10.3. The first-order chi connectivity index (χ1) is 7.75. The summed E-state index contributed by atoms with van der Waals surface area (Å²) in [5.41, 5.74) is 2.03. The number of aromatic amines is 1. The molecule has 0 aliphatic heterocycles. The van der Waals surface area contributed by atoms with Crippen molar-refractivity contribution in [3.63, 3.8) is 0 Å². The molecule has 1 aromatic heterocycles. The summed E-state index contributed by atoms with van der Waals surface area (Å²) >= 11 is 0. The molecule has 5 nitrogen and oxygen atoms in total. The summed E-state index contributed by atoms with van der Waals surface area (Å²) in [6.07, 6.45) is 1.85. The molecule has 0 aliphatic rings. The number of anilines is 1. The van der Waals surface area contributed by atoms with Crippen molar-refractivity contribution >= 4 is 11.4 Å². The number of H-pyrrole nitrogens is 1. The van der Waals surface area contributed by atoms with Crippen LogP contribution in [0.5, 0.6) is 0 Å². The number of nitro benzene ring substituents is 1. The van der Waals surface area contributed by atoms with Gasteiger partial charge in [0.05, 0.1) is 11.5 Å². The lowest BCUT2D eigenvalue weighted by molar-refractivity contribution is -0.384. The standard InChI is InChI=1S/C11H11N3O2/c15-14(16)11-5-3-9(4-6-11)13-8-10-2-1-7-12-10/h1-7,12-13H,8H2. The Morgan fingerprint density at radius 3 is 2.56 bits per heavy atom. The van der Waals surface area contributed by atoms with Crippen molar-refractivity contribution in [3.05, 3.63) is 58.4 Å². The third-order valence-corrected chi connectivity index (χ3v) is 2.22. The molecule has 0 aliphatic carbocycles. The van der Waals surface area contributed by atoms with E-state index in [1.807, 2.05) is 18.3 Å². The average Bonchev–Trinajstić information content (AvgIpc) is 2.80. The minimum absolute atomic E-state index is 0.102. The Kier molecular flexibility index (Phi) is 2.86. The summed E-state index contributed by atoms with van der Waals surface area (Å²) in [6.45, 7) is 0.671. The molecule has 2 N–H and O–H groups in total. The molecule has 0 saturated heterocycles. The Morgan fingerprint density at radius 1 is 1.25 bits per heavy atom. The first-order valence-electron chi connectivity index (χ1n) is 4.86. The molecule has 16 heavy (non-hydrogen) atoms. The molecule has 2 aromatic rings. The van der Waals surface area contributed by atoms with Crippen LogP contribution in [-0.4, -0.2) is 9.91 Å². The first kappa shape index (κ1) is 10.2. The third-order valence-electron chi connectivity index (χ3n) is 2.22. The van der Waals surface area contributed by atoms with E-state index < -0.39 is 4.92 Å². The number of hydrogen-bond acceptors (Lipinski definition) is 3. The lowest BCUT2D eigenvalue weighted by Gasteiger charge is -2.04. The second-order valence-electron chi connectivity index (χ2n) is 3.35. The molecule has 0 radical (unpaired) electrons. The second kappa shape index (κ2) is 4.48. The van der Waals surface area contributed by atoms with E-state index in [9.17, 15) is 10.1 Å². The van der Waals surface area contributed by atoms with Gasteiger partial charge in [0.1, 0.15) is 0 Å². The predicted octanol–water partition coefficient (Wildman–Crippen LogP) is 2.54. The van der Waals surface area contributed by atoms with Crippen LogP contribution in [0.4, 0.5) is 11.4 Å². The number of non-ortho nitro benzene ring substituents is 1. The van der Waals surface area contributed by atoms with Crippen molar-refractivity contribution in [2.45, 2.75) is 6.54 Å².